The fourth-order valence-electron chi connectivity index (χ4n) is 3.62. The van der Waals surface area contributed by atoms with Gasteiger partial charge in [-0.2, -0.15) is 13.2 Å². The normalized spacial score (nSPS) is 15.3. The molecule has 2 heterocycles. The predicted molar refractivity (Wildman–Crippen MR) is 112 cm³/mol. The van der Waals surface area contributed by atoms with Gasteiger partial charge < -0.3 is 10.2 Å². The number of likely N-dealkylation sites (tertiary alicyclic amines) is 1. The second-order valence-corrected chi connectivity index (χ2v) is 8.49. The molecule has 1 aromatic heterocycles. The summed E-state index contributed by atoms with van der Waals surface area (Å²) in [6.45, 7) is 0.969. The van der Waals surface area contributed by atoms with Crippen molar-refractivity contribution in [1.82, 2.24) is 15.2 Å². The number of halogens is 3. The minimum atomic E-state index is -4.46. The highest BCUT2D eigenvalue weighted by molar-refractivity contribution is 7.18. The summed E-state index contributed by atoms with van der Waals surface area (Å²) in [6.07, 6.45) is -2.85. The Morgan fingerprint density at radius 2 is 1.74 bits per heavy atom. The van der Waals surface area contributed by atoms with Gasteiger partial charge in [0, 0.05) is 24.6 Å². The van der Waals surface area contributed by atoms with Crippen molar-refractivity contribution in [2.24, 2.45) is 0 Å². The summed E-state index contributed by atoms with van der Waals surface area (Å²) in [4.78, 5) is 31.0. The lowest BCUT2D eigenvalue weighted by Gasteiger charge is -2.31. The van der Waals surface area contributed by atoms with Crippen molar-refractivity contribution in [3.63, 3.8) is 0 Å². The number of nitrogens with zero attached hydrogens (tertiary/aromatic N) is 2. The molecule has 1 N–H and O–H groups in total. The van der Waals surface area contributed by atoms with E-state index in [0.717, 1.165) is 52.3 Å². The zero-order valence-electron chi connectivity index (χ0n) is 16.5. The quantitative estimate of drug-likeness (QED) is 0.643. The van der Waals surface area contributed by atoms with Crippen LogP contribution in [0, 0.1) is 0 Å². The van der Waals surface area contributed by atoms with Crippen LogP contribution in [0.4, 0.5) is 13.2 Å². The molecule has 0 bridgehead atoms. The summed E-state index contributed by atoms with van der Waals surface area (Å²) in [5.41, 5.74) is 0.249. The third kappa shape index (κ3) is 4.87. The Morgan fingerprint density at radius 1 is 1.06 bits per heavy atom. The van der Waals surface area contributed by atoms with Gasteiger partial charge in [0.25, 0.3) is 5.91 Å². The minimum absolute atomic E-state index is 0.0790. The van der Waals surface area contributed by atoms with Gasteiger partial charge in [-0.25, -0.2) is 4.98 Å². The van der Waals surface area contributed by atoms with Crippen LogP contribution < -0.4 is 5.32 Å². The molecule has 9 heteroatoms. The first kappa shape index (κ1) is 21.3. The number of benzene rings is 2. The van der Waals surface area contributed by atoms with Gasteiger partial charge in [-0.1, -0.05) is 12.1 Å². The van der Waals surface area contributed by atoms with Crippen LogP contribution in [-0.2, 0) is 11.0 Å². The average molecular weight is 447 g/mol. The number of alkyl halides is 3. The number of aromatic nitrogens is 1. The maximum Gasteiger partial charge on any atom is 0.416 e. The average Bonchev–Trinajstić information content (AvgIpc) is 3.21. The molecule has 2 amide bonds. The van der Waals surface area contributed by atoms with E-state index in [9.17, 15) is 22.8 Å². The molecule has 0 atom stereocenters. The molecule has 0 radical (unpaired) electrons. The number of piperidine rings is 1. The van der Waals surface area contributed by atoms with E-state index in [0.29, 0.717) is 19.0 Å². The Kier molecular flexibility index (Phi) is 5.95. The SMILES string of the molecule is O=C(NCC(=O)N1CCC(c2nc3ccccc3s2)CC1)c1ccc(C(F)(F)F)cc1. The lowest BCUT2D eigenvalue weighted by Crippen LogP contribution is -2.43. The van der Waals surface area contributed by atoms with E-state index < -0.39 is 17.6 Å². The monoisotopic (exact) mass is 447 g/mol. The van der Waals surface area contributed by atoms with Gasteiger partial charge in [0.2, 0.25) is 5.91 Å². The molecule has 1 aliphatic heterocycles. The third-order valence-corrected chi connectivity index (χ3v) is 6.58. The molecule has 0 spiro atoms. The predicted octanol–water partition coefficient (Wildman–Crippen LogP) is 4.45. The number of thiazole rings is 1. The Hall–Kier alpha value is -2.94. The minimum Gasteiger partial charge on any atom is -0.343 e. The topological polar surface area (TPSA) is 62.3 Å². The molecule has 5 nitrogen and oxygen atoms in total. The van der Waals surface area contributed by atoms with Gasteiger partial charge in [-0.15, -0.1) is 11.3 Å². The van der Waals surface area contributed by atoms with Gasteiger partial charge in [-0.3, -0.25) is 9.59 Å². The molecule has 162 valence electrons. The van der Waals surface area contributed by atoms with Crippen LogP contribution in [0.1, 0.15) is 39.7 Å². The van der Waals surface area contributed by atoms with Crippen LogP contribution in [-0.4, -0.2) is 41.3 Å². The molecule has 2 aromatic carbocycles. The molecule has 0 unspecified atom stereocenters. The summed E-state index contributed by atoms with van der Waals surface area (Å²) in [5, 5.41) is 3.58. The van der Waals surface area contributed by atoms with Crippen molar-refractivity contribution in [1.29, 1.82) is 0 Å². The maximum atomic E-state index is 12.6. The number of para-hydroxylation sites is 1. The van der Waals surface area contributed by atoms with Crippen molar-refractivity contribution in [3.05, 3.63) is 64.7 Å². The van der Waals surface area contributed by atoms with E-state index in [1.165, 1.54) is 0 Å². The number of hydrogen-bond acceptors (Lipinski definition) is 4. The van der Waals surface area contributed by atoms with E-state index >= 15 is 0 Å². The van der Waals surface area contributed by atoms with E-state index in [4.69, 9.17) is 4.98 Å². The Labute approximate surface area is 180 Å². The van der Waals surface area contributed by atoms with Crippen LogP contribution in [0.15, 0.2) is 48.5 Å². The van der Waals surface area contributed by atoms with Gasteiger partial charge in [0.15, 0.2) is 0 Å². The fourth-order valence-corrected chi connectivity index (χ4v) is 4.76. The number of hydrogen-bond donors (Lipinski definition) is 1. The molecular weight excluding hydrogens is 427 g/mol. The number of fused-ring (bicyclic) bond motifs is 1. The van der Waals surface area contributed by atoms with Gasteiger partial charge in [0.05, 0.1) is 27.3 Å². The van der Waals surface area contributed by atoms with Gasteiger partial charge in [-0.05, 0) is 49.2 Å². The largest absolute Gasteiger partial charge is 0.416 e. The molecule has 1 saturated heterocycles. The van der Waals surface area contributed by atoms with Crippen LogP contribution in [0.25, 0.3) is 10.2 Å². The first-order valence-electron chi connectivity index (χ1n) is 9.90. The Bertz CT molecular complexity index is 1050. The van der Waals surface area contributed by atoms with Crippen molar-refractivity contribution in [3.8, 4) is 0 Å². The van der Waals surface area contributed by atoms with Crippen LogP contribution in [0.2, 0.25) is 0 Å². The molecule has 0 saturated carbocycles. The fraction of sp³-hybridized carbons (Fsp3) is 0.318. The Morgan fingerprint density at radius 3 is 2.39 bits per heavy atom. The first-order valence-corrected chi connectivity index (χ1v) is 10.7. The highest BCUT2D eigenvalue weighted by Gasteiger charge is 2.30. The highest BCUT2D eigenvalue weighted by Crippen LogP contribution is 2.33. The zero-order chi connectivity index (χ0) is 22.0. The van der Waals surface area contributed by atoms with E-state index in [-0.39, 0.29) is 18.0 Å². The van der Waals surface area contributed by atoms with Gasteiger partial charge >= 0.3 is 6.18 Å². The second kappa shape index (κ2) is 8.66. The number of amides is 2. The number of rotatable bonds is 4. The highest BCUT2D eigenvalue weighted by atomic mass is 32.1. The zero-order valence-corrected chi connectivity index (χ0v) is 17.3. The molecule has 4 rings (SSSR count). The second-order valence-electron chi connectivity index (χ2n) is 7.43. The molecule has 0 aliphatic carbocycles. The van der Waals surface area contributed by atoms with Crippen LogP contribution in [0.3, 0.4) is 0 Å². The van der Waals surface area contributed by atoms with Crippen LogP contribution >= 0.6 is 11.3 Å². The van der Waals surface area contributed by atoms with Crippen molar-refractivity contribution in [2.45, 2.75) is 24.9 Å². The van der Waals surface area contributed by atoms with E-state index in [1.54, 1.807) is 16.2 Å². The molecule has 1 fully saturated rings. The summed E-state index contributed by atoms with van der Waals surface area (Å²) in [5.74, 6) is -0.474. The summed E-state index contributed by atoms with van der Waals surface area (Å²) in [6, 6.07) is 11.9. The summed E-state index contributed by atoms with van der Waals surface area (Å²) < 4.78 is 39.0. The van der Waals surface area contributed by atoms with E-state index in [1.807, 2.05) is 18.2 Å². The van der Waals surface area contributed by atoms with Gasteiger partial charge in [0.1, 0.15) is 0 Å². The number of nitrogens with one attached hydrogen (secondary N) is 1. The molecule has 1 aliphatic rings. The standard InChI is InChI=1S/C22H20F3N3O2S/c23-22(24,25)16-7-5-14(6-8-16)20(30)26-13-19(29)28-11-9-15(10-12-28)21-27-17-3-1-2-4-18(17)31-21/h1-8,15H,9-13H2,(H,26,30). The summed E-state index contributed by atoms with van der Waals surface area (Å²) in [7, 11) is 0. The van der Waals surface area contributed by atoms with Crippen molar-refractivity contribution in [2.75, 3.05) is 19.6 Å². The lowest BCUT2D eigenvalue weighted by atomic mass is 9.97. The van der Waals surface area contributed by atoms with Crippen molar-refractivity contribution >= 4 is 33.4 Å². The third-order valence-electron chi connectivity index (χ3n) is 5.38. The van der Waals surface area contributed by atoms with E-state index in [2.05, 4.69) is 11.4 Å². The van der Waals surface area contributed by atoms with Crippen LogP contribution in [0.5, 0.6) is 0 Å². The Balaban J connectivity index is 1.27. The molecular formula is C22H20F3N3O2S. The molecule has 3 aromatic rings. The smallest absolute Gasteiger partial charge is 0.343 e. The van der Waals surface area contributed by atoms with Crippen molar-refractivity contribution < 1.29 is 22.8 Å². The number of carbonyl (C=O) groups is 2. The lowest BCUT2D eigenvalue weighted by molar-refractivity contribution is -0.137. The first-order chi connectivity index (χ1) is 14.8. The maximum absolute atomic E-state index is 12.6. The molecule has 31 heavy (non-hydrogen) atoms. The number of carbonyl (C=O) groups excluding carboxylic acids is 2. The summed E-state index contributed by atoms with van der Waals surface area (Å²) >= 11 is 1.69.